The maximum absolute atomic E-state index is 6.48. The summed E-state index contributed by atoms with van der Waals surface area (Å²) in [6.45, 7) is 12.5. The van der Waals surface area contributed by atoms with Gasteiger partial charge in [-0.2, -0.15) is 0 Å². The zero-order chi connectivity index (χ0) is 15.0. The summed E-state index contributed by atoms with van der Waals surface area (Å²) < 4.78 is 25.3. The fraction of sp³-hybridized carbons (Fsp3) is 0.500. The topological polar surface area (TPSA) is 36.9 Å². The molecule has 1 aromatic carbocycles. The Bertz CT molecular complexity index is 468. The smallest absolute Gasteiger partial charge is 0.351 e. The SMILES string of the molecule is C[SiH]1O[Si](C)(C)O[Si](C)(C)O[Si](C)(c2ccccc2)O1. The van der Waals surface area contributed by atoms with Crippen molar-refractivity contribution in [2.24, 2.45) is 0 Å². The van der Waals surface area contributed by atoms with E-state index in [9.17, 15) is 0 Å². The monoisotopic (exact) mass is 344 g/mol. The van der Waals surface area contributed by atoms with Crippen molar-refractivity contribution in [1.82, 2.24) is 0 Å². The predicted molar refractivity (Wildman–Crippen MR) is 90.0 cm³/mol. The first-order valence-electron chi connectivity index (χ1n) is 6.93. The molecule has 2 atom stereocenters. The Balaban J connectivity index is 2.35. The van der Waals surface area contributed by atoms with Gasteiger partial charge in [-0.3, -0.25) is 0 Å². The van der Waals surface area contributed by atoms with Crippen LogP contribution in [0.2, 0.25) is 39.3 Å². The quantitative estimate of drug-likeness (QED) is 0.733. The van der Waals surface area contributed by atoms with Crippen molar-refractivity contribution in [1.29, 1.82) is 0 Å². The first kappa shape index (κ1) is 16.3. The lowest BCUT2D eigenvalue weighted by molar-refractivity contribution is 0.255. The van der Waals surface area contributed by atoms with Crippen molar-refractivity contribution in [3.05, 3.63) is 30.3 Å². The molecule has 1 heterocycles. The number of benzene rings is 1. The van der Waals surface area contributed by atoms with Crippen molar-refractivity contribution in [2.75, 3.05) is 0 Å². The molecule has 1 fully saturated rings. The van der Waals surface area contributed by atoms with Crippen LogP contribution in [0, 0.1) is 0 Å². The molecule has 1 aliphatic rings. The maximum atomic E-state index is 6.48. The minimum absolute atomic E-state index is 1.15. The third kappa shape index (κ3) is 3.98. The lowest BCUT2D eigenvalue weighted by atomic mass is 10.4. The molecule has 0 amide bonds. The van der Waals surface area contributed by atoms with Gasteiger partial charge in [0.25, 0.3) is 0 Å². The van der Waals surface area contributed by atoms with Gasteiger partial charge in [0, 0.05) is 0 Å². The van der Waals surface area contributed by atoms with Gasteiger partial charge >= 0.3 is 35.0 Å². The van der Waals surface area contributed by atoms with Crippen molar-refractivity contribution < 1.29 is 16.5 Å². The van der Waals surface area contributed by atoms with E-state index in [4.69, 9.17) is 16.5 Å². The molecule has 4 nitrogen and oxygen atoms in total. The van der Waals surface area contributed by atoms with Crippen molar-refractivity contribution in [2.45, 2.75) is 39.3 Å². The van der Waals surface area contributed by atoms with E-state index in [0.29, 0.717) is 0 Å². The molecule has 1 aromatic rings. The molecule has 0 radical (unpaired) electrons. The van der Waals surface area contributed by atoms with Gasteiger partial charge in [0.2, 0.25) is 0 Å². The van der Waals surface area contributed by atoms with Crippen LogP contribution in [0.15, 0.2) is 30.3 Å². The molecule has 20 heavy (non-hydrogen) atoms. The second-order valence-electron chi connectivity index (χ2n) is 6.12. The van der Waals surface area contributed by atoms with Crippen LogP contribution < -0.4 is 5.19 Å². The molecule has 0 spiro atoms. The Morgan fingerprint density at radius 1 is 0.800 bits per heavy atom. The normalized spacial score (nSPS) is 33.2. The second-order valence-corrected chi connectivity index (χ2v) is 18.8. The summed E-state index contributed by atoms with van der Waals surface area (Å²) in [5.74, 6) is 0. The summed E-state index contributed by atoms with van der Waals surface area (Å²) in [5.41, 5.74) is 0. The van der Waals surface area contributed by atoms with Crippen molar-refractivity contribution >= 4 is 40.2 Å². The van der Waals surface area contributed by atoms with E-state index in [1.165, 1.54) is 0 Å². The lowest BCUT2D eigenvalue weighted by Gasteiger charge is -2.44. The van der Waals surface area contributed by atoms with Crippen molar-refractivity contribution in [3.8, 4) is 0 Å². The predicted octanol–water partition coefficient (Wildman–Crippen LogP) is 2.30. The van der Waals surface area contributed by atoms with Gasteiger partial charge in [-0.15, -0.1) is 0 Å². The van der Waals surface area contributed by atoms with E-state index in [1.807, 2.05) is 18.2 Å². The average molecular weight is 345 g/mol. The Morgan fingerprint density at radius 2 is 1.40 bits per heavy atom. The van der Waals surface area contributed by atoms with Gasteiger partial charge in [-0.05, 0) is 44.5 Å². The Kier molecular flexibility index (Phi) is 4.57. The zero-order valence-electron chi connectivity index (χ0n) is 13.1. The fourth-order valence-electron chi connectivity index (χ4n) is 2.74. The first-order valence-corrected chi connectivity index (χ1v) is 17.0. The summed E-state index contributed by atoms with van der Waals surface area (Å²) in [6.07, 6.45) is 0. The van der Waals surface area contributed by atoms with Crippen LogP contribution >= 0.6 is 0 Å². The van der Waals surface area contributed by atoms with E-state index in [1.54, 1.807) is 0 Å². The maximum Gasteiger partial charge on any atom is 0.351 e. The Hall–Kier alpha value is -0.0725. The Labute approximate surface area is 126 Å². The van der Waals surface area contributed by atoms with E-state index in [0.717, 1.165) is 5.19 Å². The molecule has 8 heteroatoms. The lowest BCUT2D eigenvalue weighted by Crippen LogP contribution is -2.65. The molecule has 2 unspecified atom stereocenters. The average Bonchev–Trinajstić information content (AvgIpc) is 2.24. The van der Waals surface area contributed by atoms with Crippen LogP contribution in [0.3, 0.4) is 0 Å². The first-order chi connectivity index (χ1) is 9.12. The molecule has 0 bridgehead atoms. The highest BCUT2D eigenvalue weighted by molar-refractivity contribution is 6.94. The summed E-state index contributed by atoms with van der Waals surface area (Å²) >= 11 is 0. The molecule has 112 valence electrons. The minimum atomic E-state index is -2.46. The van der Waals surface area contributed by atoms with Gasteiger partial charge in [0.1, 0.15) is 0 Å². The van der Waals surface area contributed by atoms with Gasteiger partial charge in [-0.25, -0.2) is 0 Å². The standard InChI is InChI=1S/C12H24O4Si4/c1-17-13-18(2,3)15-19(4,5)16-20(6,14-17)12-10-8-7-9-11-12/h7-11,17H,1-6H3. The third-order valence-electron chi connectivity index (χ3n) is 3.07. The summed E-state index contributed by atoms with van der Waals surface area (Å²) in [7, 11) is -8.61. The minimum Gasteiger partial charge on any atom is -0.418 e. The number of rotatable bonds is 1. The second kappa shape index (κ2) is 5.61. The van der Waals surface area contributed by atoms with Crippen LogP contribution in [0.4, 0.5) is 0 Å². The van der Waals surface area contributed by atoms with Crippen LogP contribution in [0.5, 0.6) is 0 Å². The van der Waals surface area contributed by atoms with Gasteiger partial charge < -0.3 is 16.5 Å². The molecular formula is C12H24O4Si4. The van der Waals surface area contributed by atoms with E-state index in [-0.39, 0.29) is 0 Å². The van der Waals surface area contributed by atoms with Crippen LogP contribution in [0.25, 0.3) is 0 Å². The van der Waals surface area contributed by atoms with Gasteiger partial charge in [0.05, 0.1) is 0 Å². The highest BCUT2D eigenvalue weighted by atomic mass is 28.5. The summed E-state index contributed by atoms with van der Waals surface area (Å²) in [4.78, 5) is 0. The Morgan fingerprint density at radius 3 is 2.00 bits per heavy atom. The molecule has 1 saturated heterocycles. The summed E-state index contributed by atoms with van der Waals surface area (Å²) in [6, 6.07) is 10.2. The highest BCUT2D eigenvalue weighted by Gasteiger charge is 2.49. The molecule has 1 aliphatic heterocycles. The zero-order valence-corrected chi connectivity index (χ0v) is 17.3. The number of hydrogen-bond acceptors (Lipinski definition) is 4. The fourth-order valence-corrected chi connectivity index (χ4v) is 21.2. The van der Waals surface area contributed by atoms with Crippen molar-refractivity contribution in [3.63, 3.8) is 0 Å². The number of hydrogen-bond donors (Lipinski definition) is 0. The largest absolute Gasteiger partial charge is 0.418 e. The molecule has 0 N–H and O–H groups in total. The van der Waals surface area contributed by atoms with Crippen LogP contribution in [0.1, 0.15) is 0 Å². The van der Waals surface area contributed by atoms with Gasteiger partial charge in [0.15, 0.2) is 0 Å². The van der Waals surface area contributed by atoms with Crippen LogP contribution in [-0.4, -0.2) is 35.0 Å². The van der Waals surface area contributed by atoms with Crippen LogP contribution in [-0.2, 0) is 16.5 Å². The molecule has 0 saturated carbocycles. The molecule has 0 aliphatic carbocycles. The molecule has 2 rings (SSSR count). The van der Waals surface area contributed by atoms with E-state index >= 15 is 0 Å². The van der Waals surface area contributed by atoms with Gasteiger partial charge in [-0.1, -0.05) is 30.3 Å². The molecule has 0 aromatic heterocycles. The summed E-state index contributed by atoms with van der Waals surface area (Å²) in [5, 5.41) is 1.15. The van der Waals surface area contributed by atoms with E-state index in [2.05, 4.69) is 51.4 Å². The molecular weight excluding hydrogens is 320 g/mol. The highest BCUT2D eigenvalue weighted by Crippen LogP contribution is 2.26. The van der Waals surface area contributed by atoms with E-state index < -0.39 is 35.0 Å². The third-order valence-corrected chi connectivity index (χ3v) is 18.6.